The summed E-state index contributed by atoms with van der Waals surface area (Å²) in [5.74, 6) is -0.183. The van der Waals surface area contributed by atoms with Gasteiger partial charge in [-0.15, -0.1) is 0 Å². The van der Waals surface area contributed by atoms with E-state index in [1.54, 1.807) is 0 Å². The number of carbonyl (C=O) groups is 4. The monoisotopic (exact) mass is 615 g/mol. The van der Waals surface area contributed by atoms with Crippen molar-refractivity contribution in [2.75, 3.05) is 26.8 Å². The van der Waals surface area contributed by atoms with Crippen molar-refractivity contribution in [1.29, 1.82) is 0 Å². The van der Waals surface area contributed by atoms with Gasteiger partial charge in [-0.25, -0.2) is 9.59 Å². The lowest BCUT2D eigenvalue weighted by Crippen LogP contribution is -2.25. The summed E-state index contributed by atoms with van der Waals surface area (Å²) in [6.45, 7) is 19.1. The van der Waals surface area contributed by atoms with Gasteiger partial charge < -0.3 is 29.2 Å². The molecule has 0 unspecified atom stereocenters. The number of ether oxygens (including phenoxy) is 4. The Hall–Kier alpha value is -4.38. The highest BCUT2D eigenvalue weighted by molar-refractivity contribution is 5.89. The molecule has 0 aliphatic carbocycles. The first-order chi connectivity index (χ1) is 20.5. The third kappa shape index (κ3) is 11.7. The van der Waals surface area contributed by atoms with Crippen LogP contribution in [0.15, 0.2) is 24.3 Å². The molecule has 0 atom stereocenters. The highest BCUT2D eigenvalue weighted by Crippen LogP contribution is 2.39. The topological polar surface area (TPSA) is 149 Å². The minimum absolute atomic E-state index is 0.208. The van der Waals surface area contributed by atoms with Gasteiger partial charge in [0.05, 0.1) is 6.61 Å². The van der Waals surface area contributed by atoms with Gasteiger partial charge in [0.25, 0.3) is 0 Å². The summed E-state index contributed by atoms with van der Waals surface area (Å²) in [5.41, 5.74) is 5.64. The number of carboxylic acids is 2. The van der Waals surface area contributed by atoms with Crippen LogP contribution in [0.1, 0.15) is 73.9 Å². The van der Waals surface area contributed by atoms with E-state index in [9.17, 15) is 19.2 Å². The molecule has 0 aliphatic rings. The summed E-state index contributed by atoms with van der Waals surface area (Å²) >= 11 is 0. The minimum atomic E-state index is -1.26. The molecule has 242 valence electrons. The first-order valence-electron chi connectivity index (χ1n) is 14.2. The lowest BCUT2D eigenvalue weighted by Gasteiger charge is -2.25. The number of hydrogen-bond acceptors (Lipinski definition) is 9. The van der Waals surface area contributed by atoms with E-state index in [1.807, 2.05) is 53.8 Å². The Morgan fingerprint density at radius 2 is 1.36 bits per heavy atom. The Morgan fingerprint density at radius 1 is 0.818 bits per heavy atom. The molecule has 2 N–H and O–H groups in total. The fourth-order valence-electron chi connectivity index (χ4n) is 4.30. The van der Waals surface area contributed by atoms with Crippen LogP contribution in [0.25, 0.3) is 0 Å². The van der Waals surface area contributed by atoms with Crippen molar-refractivity contribution in [3.63, 3.8) is 0 Å². The van der Waals surface area contributed by atoms with Crippen molar-refractivity contribution in [1.82, 2.24) is 4.90 Å². The number of hydrogen-bond donors (Lipinski definition) is 2. The first-order valence-corrected chi connectivity index (χ1v) is 14.2. The fourth-order valence-corrected chi connectivity index (χ4v) is 4.30. The van der Waals surface area contributed by atoms with Gasteiger partial charge in [0, 0.05) is 55.8 Å². The van der Waals surface area contributed by atoms with E-state index < -0.39 is 11.9 Å². The maximum absolute atomic E-state index is 11.7. The third-order valence-electron chi connectivity index (χ3n) is 6.56. The average molecular weight is 616 g/mol. The number of rotatable bonds is 13. The largest absolute Gasteiger partial charge is 0.493 e. The Kier molecular flexibility index (Phi) is 15.1. The molecule has 0 aromatic heterocycles. The molecular weight excluding hydrogens is 570 g/mol. The minimum Gasteiger partial charge on any atom is -0.493 e. The molecule has 0 saturated heterocycles. The number of nitrogens with zero attached hydrogens (tertiary/aromatic N) is 1. The van der Waals surface area contributed by atoms with E-state index in [2.05, 4.69) is 18.7 Å². The van der Waals surface area contributed by atoms with E-state index in [0.717, 1.165) is 44.9 Å². The van der Waals surface area contributed by atoms with Crippen LogP contribution in [0.4, 0.5) is 0 Å². The molecule has 2 aromatic rings. The molecule has 0 heterocycles. The second-order valence-electron chi connectivity index (χ2n) is 10.5. The van der Waals surface area contributed by atoms with Crippen molar-refractivity contribution in [3.8, 4) is 23.0 Å². The average Bonchev–Trinajstić information content (AvgIpc) is 2.91. The maximum Gasteiger partial charge on any atom is 0.328 e. The molecular formula is C33H45NO10. The van der Waals surface area contributed by atoms with E-state index in [0.29, 0.717) is 50.0 Å². The van der Waals surface area contributed by atoms with E-state index in [1.165, 1.54) is 13.8 Å². The van der Waals surface area contributed by atoms with Gasteiger partial charge in [-0.1, -0.05) is 13.8 Å². The predicted octanol–water partition coefficient (Wildman–Crippen LogP) is 5.52. The lowest BCUT2D eigenvalue weighted by molar-refractivity contribution is -0.134. The number of aliphatic carboxylic acids is 2. The zero-order valence-corrected chi connectivity index (χ0v) is 27.3. The van der Waals surface area contributed by atoms with Crippen LogP contribution in [0.5, 0.6) is 23.0 Å². The number of esters is 2. The standard InChI is InChI=1S/C29H41NO6.C4H4O4/c1-11-33-29-20(6)19(5)28(36-23(9)32)21(7)25(29)16-30(10)12-13-34-27-14-18(4)26(35-22(8)31)15-24(27)17(2)3;5-3(6)1-2-4(7)8/h14-15,17H,11-13,16H2,1-10H3;1-2H,(H,5,6)(H,7,8). The second kappa shape index (κ2) is 17.7. The summed E-state index contributed by atoms with van der Waals surface area (Å²) < 4.78 is 23.1. The van der Waals surface area contributed by atoms with Gasteiger partial charge in [-0.2, -0.15) is 0 Å². The molecule has 0 saturated carbocycles. The number of aryl methyl sites for hydroxylation is 1. The number of carboxylic acid groups (broad SMARTS) is 2. The van der Waals surface area contributed by atoms with Gasteiger partial charge in [-0.3, -0.25) is 14.5 Å². The highest BCUT2D eigenvalue weighted by atomic mass is 16.5. The van der Waals surface area contributed by atoms with Crippen LogP contribution in [-0.4, -0.2) is 65.8 Å². The van der Waals surface area contributed by atoms with Crippen LogP contribution in [0.3, 0.4) is 0 Å². The smallest absolute Gasteiger partial charge is 0.328 e. The summed E-state index contributed by atoms with van der Waals surface area (Å²) in [7, 11) is 2.03. The van der Waals surface area contributed by atoms with Crippen molar-refractivity contribution in [2.45, 2.75) is 74.8 Å². The third-order valence-corrected chi connectivity index (χ3v) is 6.56. The number of likely N-dealkylation sites (N-methyl/N-ethyl adjacent to an activating group) is 1. The Morgan fingerprint density at radius 3 is 1.84 bits per heavy atom. The number of benzene rings is 2. The Balaban J connectivity index is 0.00000106. The summed E-state index contributed by atoms with van der Waals surface area (Å²) in [4.78, 5) is 44.4. The van der Waals surface area contributed by atoms with E-state index in [-0.39, 0.29) is 17.9 Å². The zero-order chi connectivity index (χ0) is 33.7. The molecule has 11 nitrogen and oxygen atoms in total. The molecule has 11 heteroatoms. The predicted molar refractivity (Wildman–Crippen MR) is 166 cm³/mol. The molecule has 0 bridgehead atoms. The van der Waals surface area contributed by atoms with Crippen LogP contribution < -0.4 is 18.9 Å². The fraction of sp³-hybridized carbons (Fsp3) is 0.455. The quantitative estimate of drug-likeness (QED) is 0.167. The zero-order valence-electron chi connectivity index (χ0n) is 27.3. The molecule has 0 spiro atoms. The lowest BCUT2D eigenvalue weighted by atomic mass is 9.96. The van der Waals surface area contributed by atoms with E-state index in [4.69, 9.17) is 29.2 Å². The van der Waals surface area contributed by atoms with Crippen molar-refractivity contribution in [3.05, 3.63) is 57.7 Å². The van der Waals surface area contributed by atoms with Gasteiger partial charge in [0.15, 0.2) is 0 Å². The molecule has 0 aliphatic heterocycles. The van der Waals surface area contributed by atoms with Crippen LogP contribution in [0, 0.1) is 27.7 Å². The summed E-state index contributed by atoms with van der Waals surface area (Å²) in [6.07, 6.45) is 1.12. The van der Waals surface area contributed by atoms with Crippen molar-refractivity contribution >= 4 is 23.9 Å². The summed E-state index contributed by atoms with van der Waals surface area (Å²) in [6, 6.07) is 3.82. The number of carbonyl (C=O) groups excluding carboxylic acids is 2. The molecule has 44 heavy (non-hydrogen) atoms. The molecule has 2 aromatic carbocycles. The van der Waals surface area contributed by atoms with Crippen LogP contribution in [-0.2, 0) is 25.7 Å². The van der Waals surface area contributed by atoms with Crippen molar-refractivity contribution < 1.29 is 48.3 Å². The van der Waals surface area contributed by atoms with Crippen LogP contribution in [0.2, 0.25) is 0 Å². The van der Waals surface area contributed by atoms with Gasteiger partial charge >= 0.3 is 23.9 Å². The van der Waals surface area contributed by atoms with Crippen LogP contribution >= 0.6 is 0 Å². The van der Waals surface area contributed by atoms with E-state index >= 15 is 0 Å². The normalized spacial score (nSPS) is 10.8. The van der Waals surface area contributed by atoms with Gasteiger partial charge in [-0.05, 0) is 76.4 Å². The Bertz CT molecular complexity index is 1360. The molecule has 0 amide bonds. The second-order valence-corrected chi connectivity index (χ2v) is 10.5. The maximum atomic E-state index is 11.7. The molecule has 0 radical (unpaired) electrons. The van der Waals surface area contributed by atoms with Crippen molar-refractivity contribution in [2.24, 2.45) is 0 Å². The Labute approximate surface area is 259 Å². The highest BCUT2D eigenvalue weighted by Gasteiger charge is 2.22. The first kappa shape index (κ1) is 37.6. The van der Waals surface area contributed by atoms with Gasteiger partial charge in [0.2, 0.25) is 0 Å². The SMILES string of the molecule is CCOc1c(C)c(C)c(OC(C)=O)c(C)c1CN(C)CCOc1cc(C)c(OC(C)=O)cc1C(C)C.O=C(O)C=CC(=O)O. The van der Waals surface area contributed by atoms with Gasteiger partial charge in [0.1, 0.15) is 29.6 Å². The molecule has 2 rings (SSSR count). The summed E-state index contributed by atoms with van der Waals surface area (Å²) in [5, 5.41) is 15.6. The molecule has 0 fully saturated rings.